The molecule has 0 aliphatic carbocycles. The third-order valence-corrected chi connectivity index (χ3v) is 4.57. The van der Waals surface area contributed by atoms with Gasteiger partial charge in [0, 0.05) is 10.9 Å². The molecule has 0 aromatic carbocycles. The van der Waals surface area contributed by atoms with Crippen molar-refractivity contribution in [2.45, 2.75) is 25.8 Å². The van der Waals surface area contributed by atoms with E-state index in [1.807, 2.05) is 16.8 Å². The zero-order valence-corrected chi connectivity index (χ0v) is 12.3. The molecule has 20 heavy (non-hydrogen) atoms. The van der Waals surface area contributed by atoms with Crippen LogP contribution in [0.3, 0.4) is 0 Å². The Labute approximate surface area is 122 Å². The lowest BCUT2D eigenvalue weighted by Crippen LogP contribution is -2.33. The summed E-state index contributed by atoms with van der Waals surface area (Å²) in [5.41, 5.74) is 6.65. The van der Waals surface area contributed by atoms with E-state index in [4.69, 9.17) is 10.3 Å². The van der Waals surface area contributed by atoms with Crippen molar-refractivity contribution in [1.82, 2.24) is 15.0 Å². The number of nitrogens with two attached hydrogens (primary N) is 1. The predicted octanol–water partition coefficient (Wildman–Crippen LogP) is 2.36. The summed E-state index contributed by atoms with van der Waals surface area (Å²) < 4.78 is 5.35. The molecule has 3 rings (SSSR count). The second kappa shape index (κ2) is 6.47. The van der Waals surface area contributed by atoms with Crippen LogP contribution in [0.15, 0.2) is 21.3 Å². The molecule has 1 fully saturated rings. The van der Waals surface area contributed by atoms with Crippen LogP contribution in [-0.4, -0.2) is 34.7 Å². The minimum absolute atomic E-state index is 0.694. The smallest absolute Gasteiger partial charge is 0.241 e. The van der Waals surface area contributed by atoms with Crippen molar-refractivity contribution in [2.75, 3.05) is 19.6 Å². The minimum atomic E-state index is 0.694. The molecule has 1 aliphatic heterocycles. The fourth-order valence-electron chi connectivity index (χ4n) is 2.69. The van der Waals surface area contributed by atoms with Gasteiger partial charge in [0.25, 0.3) is 0 Å². The Balaban J connectivity index is 1.54. The lowest BCUT2D eigenvalue weighted by molar-refractivity contribution is 0.156. The lowest BCUT2D eigenvalue weighted by atomic mass is 9.94. The zero-order chi connectivity index (χ0) is 13.8. The van der Waals surface area contributed by atoms with Gasteiger partial charge in [-0.15, -0.1) is 0 Å². The monoisotopic (exact) mass is 292 g/mol. The van der Waals surface area contributed by atoms with E-state index < -0.39 is 0 Å². The largest absolute Gasteiger partial charge is 0.338 e. The highest BCUT2D eigenvalue weighted by Crippen LogP contribution is 2.22. The quantitative estimate of drug-likeness (QED) is 0.916. The summed E-state index contributed by atoms with van der Waals surface area (Å²) in [5, 5.41) is 8.10. The average Bonchev–Trinajstić information content (AvgIpc) is 3.12. The maximum atomic E-state index is 5.62. The number of thiophene rings is 1. The molecular formula is C14H20N4OS. The maximum Gasteiger partial charge on any atom is 0.241 e. The van der Waals surface area contributed by atoms with Crippen LogP contribution in [0.5, 0.6) is 0 Å². The van der Waals surface area contributed by atoms with E-state index in [1.54, 1.807) is 11.3 Å². The predicted molar refractivity (Wildman–Crippen MR) is 79.3 cm³/mol. The van der Waals surface area contributed by atoms with Gasteiger partial charge in [-0.25, -0.2) is 0 Å². The maximum absolute atomic E-state index is 5.62. The zero-order valence-electron chi connectivity index (χ0n) is 11.5. The Bertz CT molecular complexity index is 517. The Morgan fingerprint density at radius 3 is 2.95 bits per heavy atom. The fourth-order valence-corrected chi connectivity index (χ4v) is 3.32. The number of hydrogen-bond donors (Lipinski definition) is 1. The van der Waals surface area contributed by atoms with Crippen molar-refractivity contribution in [3.8, 4) is 11.4 Å². The van der Waals surface area contributed by atoms with Crippen LogP contribution >= 0.6 is 11.3 Å². The minimum Gasteiger partial charge on any atom is -0.338 e. The van der Waals surface area contributed by atoms with Crippen LogP contribution in [0, 0.1) is 5.92 Å². The summed E-state index contributed by atoms with van der Waals surface area (Å²) >= 11 is 1.64. The molecule has 108 valence electrons. The van der Waals surface area contributed by atoms with E-state index >= 15 is 0 Å². The van der Waals surface area contributed by atoms with Gasteiger partial charge in [0.15, 0.2) is 0 Å². The molecule has 3 heterocycles. The number of hydrogen-bond acceptors (Lipinski definition) is 6. The molecule has 1 aliphatic rings. The molecule has 1 saturated heterocycles. The normalized spacial score (nSPS) is 17.6. The molecule has 0 unspecified atom stereocenters. The topological polar surface area (TPSA) is 68.2 Å². The molecule has 2 aromatic rings. The van der Waals surface area contributed by atoms with Crippen LogP contribution in [0.25, 0.3) is 11.4 Å². The number of nitrogens with zero attached hydrogens (tertiary/aromatic N) is 3. The van der Waals surface area contributed by atoms with Crippen molar-refractivity contribution in [3.05, 3.63) is 22.7 Å². The molecule has 6 heteroatoms. The molecule has 5 nitrogen and oxygen atoms in total. The summed E-state index contributed by atoms with van der Waals surface area (Å²) in [5.74, 6) is 2.20. The van der Waals surface area contributed by atoms with E-state index in [0.717, 1.165) is 44.1 Å². The third kappa shape index (κ3) is 3.26. The summed E-state index contributed by atoms with van der Waals surface area (Å²) in [6.45, 7) is 3.76. The molecule has 0 spiro atoms. The van der Waals surface area contributed by atoms with Gasteiger partial charge in [-0.05, 0) is 56.3 Å². The van der Waals surface area contributed by atoms with E-state index in [-0.39, 0.29) is 0 Å². The molecule has 0 atom stereocenters. The van der Waals surface area contributed by atoms with Crippen molar-refractivity contribution >= 4 is 11.3 Å². The van der Waals surface area contributed by atoms with Crippen LogP contribution in [0.2, 0.25) is 0 Å². The van der Waals surface area contributed by atoms with Crippen LogP contribution in [0.1, 0.15) is 25.2 Å². The first kappa shape index (κ1) is 13.7. The van der Waals surface area contributed by atoms with Gasteiger partial charge in [0.2, 0.25) is 11.7 Å². The first-order valence-electron chi connectivity index (χ1n) is 7.12. The number of piperidine rings is 1. The van der Waals surface area contributed by atoms with Gasteiger partial charge >= 0.3 is 0 Å². The summed E-state index contributed by atoms with van der Waals surface area (Å²) in [6, 6.07) is 2.01. The second-order valence-electron chi connectivity index (χ2n) is 5.32. The summed E-state index contributed by atoms with van der Waals surface area (Å²) in [4.78, 5) is 6.86. The van der Waals surface area contributed by atoms with Gasteiger partial charge < -0.3 is 10.3 Å². The number of aromatic nitrogens is 2. The highest BCUT2D eigenvalue weighted by Gasteiger charge is 2.20. The Kier molecular flexibility index (Phi) is 4.44. The van der Waals surface area contributed by atoms with Gasteiger partial charge in [-0.2, -0.15) is 16.3 Å². The standard InChI is InChI=1S/C14H20N4OS/c15-5-1-11-2-6-18(7-3-11)9-13-16-14(17-19-13)12-4-8-20-10-12/h4,8,10-11H,1-3,5-7,9,15H2. The van der Waals surface area contributed by atoms with E-state index in [2.05, 4.69) is 15.0 Å². The molecule has 2 aromatic heterocycles. The summed E-state index contributed by atoms with van der Waals surface area (Å²) in [7, 11) is 0. The van der Waals surface area contributed by atoms with E-state index in [0.29, 0.717) is 11.7 Å². The van der Waals surface area contributed by atoms with Crippen LogP contribution in [0.4, 0.5) is 0 Å². The molecule has 0 amide bonds. The first-order chi connectivity index (χ1) is 9.85. The van der Waals surface area contributed by atoms with Gasteiger partial charge in [-0.3, -0.25) is 4.90 Å². The highest BCUT2D eigenvalue weighted by molar-refractivity contribution is 7.08. The van der Waals surface area contributed by atoms with Gasteiger partial charge in [-0.1, -0.05) is 5.16 Å². The highest BCUT2D eigenvalue weighted by atomic mass is 32.1. The van der Waals surface area contributed by atoms with Crippen molar-refractivity contribution in [1.29, 1.82) is 0 Å². The Morgan fingerprint density at radius 1 is 1.40 bits per heavy atom. The summed E-state index contributed by atoms with van der Waals surface area (Å²) in [6.07, 6.45) is 3.60. The van der Waals surface area contributed by atoms with Crippen molar-refractivity contribution < 1.29 is 4.52 Å². The third-order valence-electron chi connectivity index (χ3n) is 3.89. The van der Waals surface area contributed by atoms with Gasteiger partial charge in [0.05, 0.1) is 6.54 Å². The molecule has 2 N–H and O–H groups in total. The number of rotatable bonds is 5. The van der Waals surface area contributed by atoms with E-state index in [9.17, 15) is 0 Å². The molecular weight excluding hydrogens is 272 g/mol. The molecule has 0 bridgehead atoms. The SMILES string of the molecule is NCCC1CCN(Cc2nc(-c3ccsc3)no2)CC1. The van der Waals surface area contributed by atoms with E-state index in [1.165, 1.54) is 12.8 Å². The Morgan fingerprint density at radius 2 is 2.25 bits per heavy atom. The first-order valence-corrected chi connectivity index (χ1v) is 8.07. The van der Waals surface area contributed by atoms with Crippen LogP contribution in [-0.2, 0) is 6.54 Å². The van der Waals surface area contributed by atoms with Crippen molar-refractivity contribution in [2.24, 2.45) is 11.7 Å². The van der Waals surface area contributed by atoms with Crippen LogP contribution < -0.4 is 5.73 Å². The lowest BCUT2D eigenvalue weighted by Gasteiger charge is -2.30. The number of likely N-dealkylation sites (tertiary alicyclic amines) is 1. The molecule has 0 radical (unpaired) electrons. The fraction of sp³-hybridized carbons (Fsp3) is 0.571. The second-order valence-corrected chi connectivity index (χ2v) is 6.10. The average molecular weight is 292 g/mol. The molecule has 0 saturated carbocycles. The van der Waals surface area contributed by atoms with Crippen molar-refractivity contribution in [3.63, 3.8) is 0 Å². The Hall–Kier alpha value is -1.24. The van der Waals surface area contributed by atoms with Gasteiger partial charge in [0.1, 0.15) is 0 Å².